The third-order valence-corrected chi connectivity index (χ3v) is 13.0. The monoisotopic (exact) mass is 894 g/mol. The van der Waals surface area contributed by atoms with E-state index in [1.165, 1.54) is 13.0 Å². The molecule has 1 aliphatic carbocycles. The lowest BCUT2D eigenvalue weighted by Crippen LogP contribution is -2.60. The minimum absolute atomic E-state index is 0.0000621. The van der Waals surface area contributed by atoms with Gasteiger partial charge in [0.2, 0.25) is 11.8 Å². The smallest absolute Gasteiger partial charge is 0.454 e. The number of phosphoric ester groups is 1. The van der Waals surface area contributed by atoms with Gasteiger partial charge in [-0.2, -0.15) is 0 Å². The van der Waals surface area contributed by atoms with Gasteiger partial charge >= 0.3 is 7.82 Å². The number of aliphatic hydroxyl groups is 2. The van der Waals surface area contributed by atoms with Crippen molar-refractivity contribution in [1.29, 1.82) is 0 Å². The Morgan fingerprint density at radius 3 is 2.24 bits per heavy atom. The molecule has 0 radical (unpaired) electrons. The number of carbonyl (C=O) groups excluding carboxylic acids is 4. The molecule has 2 amide bonds. The van der Waals surface area contributed by atoms with Crippen LogP contribution in [0.25, 0.3) is 21.8 Å². The second-order valence-corrected chi connectivity index (χ2v) is 18.4. The number of amides is 2. The highest BCUT2D eigenvalue weighted by atomic mass is 31.2. The number of hydrogen-bond donors (Lipinski definition) is 9. The number of benzene rings is 3. The maximum atomic E-state index is 15.0. The Hall–Kier alpha value is -4.58. The van der Waals surface area contributed by atoms with E-state index < -0.39 is 85.4 Å². The lowest BCUT2D eigenvalue weighted by Gasteiger charge is -2.40. The van der Waals surface area contributed by atoms with E-state index in [2.05, 4.69) is 15.6 Å². The van der Waals surface area contributed by atoms with E-state index >= 15 is 4.79 Å². The number of nitrogens with two attached hydrogens (primary N) is 2. The van der Waals surface area contributed by atoms with Crippen LogP contribution in [0, 0.1) is 29.6 Å². The van der Waals surface area contributed by atoms with Gasteiger partial charge in [0, 0.05) is 24.3 Å². The van der Waals surface area contributed by atoms with E-state index in [0.29, 0.717) is 29.9 Å². The Kier molecular flexibility index (Phi) is 16.8. The van der Waals surface area contributed by atoms with Crippen molar-refractivity contribution in [2.45, 2.75) is 123 Å². The number of nitrogens with zero attached hydrogens (tertiary/aromatic N) is 1. The molecule has 4 aromatic rings. The largest absolute Gasteiger partial charge is 0.469 e. The van der Waals surface area contributed by atoms with Crippen LogP contribution in [0.4, 0.5) is 0 Å². The number of aromatic nitrogens is 2. The maximum Gasteiger partial charge on any atom is 0.469 e. The van der Waals surface area contributed by atoms with Crippen LogP contribution >= 0.6 is 7.82 Å². The van der Waals surface area contributed by atoms with Gasteiger partial charge in [0.1, 0.15) is 23.1 Å². The number of Topliss-reactive ketones (excluding diaryl/α,β-unsaturated/α-hetero) is 2. The van der Waals surface area contributed by atoms with E-state index in [1.54, 1.807) is 26.0 Å². The number of fused-ring (bicyclic) bond motifs is 2. The molecule has 9 atom stereocenters. The highest BCUT2D eigenvalue weighted by Crippen LogP contribution is 2.42. The van der Waals surface area contributed by atoms with Crippen molar-refractivity contribution in [3.8, 4) is 11.5 Å². The van der Waals surface area contributed by atoms with E-state index in [0.717, 1.165) is 43.4 Å². The molecule has 1 aromatic heterocycles. The van der Waals surface area contributed by atoms with Gasteiger partial charge in [-0.05, 0) is 61.1 Å². The lowest BCUT2D eigenvalue weighted by molar-refractivity contribution is -0.136. The average Bonchev–Trinajstić information content (AvgIpc) is 3.67. The van der Waals surface area contributed by atoms with Crippen molar-refractivity contribution in [3.63, 3.8) is 0 Å². The van der Waals surface area contributed by atoms with Gasteiger partial charge in [0.15, 0.2) is 17.3 Å². The van der Waals surface area contributed by atoms with Crippen LogP contribution in [0.1, 0.15) is 96.2 Å². The summed E-state index contributed by atoms with van der Waals surface area (Å²) in [5, 5.41) is 31.0. The van der Waals surface area contributed by atoms with Crippen molar-refractivity contribution in [2.75, 3.05) is 0 Å². The maximum absolute atomic E-state index is 15.0. The molecule has 18 heteroatoms. The summed E-state index contributed by atoms with van der Waals surface area (Å²) in [6.45, 7) is 9.61. The first-order valence-electron chi connectivity index (χ1n) is 21.6. The molecule has 3 aromatic carbocycles. The average molecular weight is 895 g/mol. The van der Waals surface area contributed by atoms with Gasteiger partial charge in [-0.3, -0.25) is 23.7 Å². The van der Waals surface area contributed by atoms with Crippen molar-refractivity contribution in [1.82, 2.24) is 20.6 Å². The number of phosphoric acid groups is 1. The van der Waals surface area contributed by atoms with E-state index in [9.17, 15) is 38.9 Å². The van der Waals surface area contributed by atoms with E-state index in [4.69, 9.17) is 25.7 Å². The van der Waals surface area contributed by atoms with Gasteiger partial charge in [0.25, 0.3) is 0 Å². The van der Waals surface area contributed by atoms with Crippen LogP contribution in [0.2, 0.25) is 0 Å². The number of imidazole rings is 1. The fourth-order valence-electron chi connectivity index (χ4n) is 8.72. The van der Waals surface area contributed by atoms with Gasteiger partial charge in [0.05, 0.1) is 47.9 Å². The lowest BCUT2D eigenvalue weighted by atomic mass is 9.69. The van der Waals surface area contributed by atoms with Crippen molar-refractivity contribution < 1.29 is 53.0 Å². The molecule has 63 heavy (non-hydrogen) atoms. The number of H-pyrrole nitrogens is 1. The molecule has 11 N–H and O–H groups in total. The van der Waals surface area contributed by atoms with Gasteiger partial charge < -0.3 is 51.8 Å². The molecule has 5 rings (SSSR count). The predicted octanol–water partition coefficient (Wildman–Crippen LogP) is 4.77. The van der Waals surface area contributed by atoms with E-state index in [1.807, 2.05) is 50.2 Å². The summed E-state index contributed by atoms with van der Waals surface area (Å²) in [6, 6.07) is 12.4. The van der Waals surface area contributed by atoms with Crippen LogP contribution in [0.5, 0.6) is 11.5 Å². The van der Waals surface area contributed by atoms with Crippen LogP contribution in [-0.2, 0) is 30.0 Å². The Morgan fingerprint density at radius 2 is 1.60 bits per heavy atom. The summed E-state index contributed by atoms with van der Waals surface area (Å²) in [5.41, 5.74) is 13.7. The molecule has 17 nitrogen and oxygen atoms in total. The SMILES string of the molecule is CC[C@@H](C)[C@@H](N)C(=O)NCc1nc2c(Oc3cccc4ccccc34)c(C(=O)C(C(C)C)C(O)C(O)C(N)C(C(=O)[C@@H](NC(C)=O)[C@@H](C)OP(=O)(O)O)C3CCCCC3)ccc2[nH]1. The number of nitrogens with one attached hydrogen (secondary N) is 3. The number of ketones is 2. The normalized spacial score (nSPS) is 18.2. The summed E-state index contributed by atoms with van der Waals surface area (Å²) in [6.07, 6.45) is -1.08. The Labute approximate surface area is 367 Å². The minimum atomic E-state index is -5.11. The first kappa shape index (κ1) is 49.4. The third kappa shape index (κ3) is 12.0. The number of hydrogen-bond acceptors (Lipinski definition) is 12. The van der Waals surface area contributed by atoms with Crippen molar-refractivity contribution in [2.24, 2.45) is 41.1 Å². The first-order valence-corrected chi connectivity index (χ1v) is 23.2. The Balaban J connectivity index is 1.54. The second-order valence-electron chi connectivity index (χ2n) is 17.2. The van der Waals surface area contributed by atoms with Crippen molar-refractivity contribution in [3.05, 3.63) is 66.0 Å². The molecule has 0 spiro atoms. The van der Waals surface area contributed by atoms with E-state index in [-0.39, 0.29) is 35.2 Å². The van der Waals surface area contributed by atoms with Crippen LogP contribution in [0.3, 0.4) is 0 Å². The topological polar surface area (TPSA) is 290 Å². The number of rotatable bonds is 21. The molecular formula is C45H63N6O11P. The summed E-state index contributed by atoms with van der Waals surface area (Å²) in [7, 11) is -5.11. The molecule has 1 saturated carbocycles. The molecule has 1 aliphatic rings. The van der Waals surface area contributed by atoms with Crippen molar-refractivity contribution >= 4 is 53.0 Å². The van der Waals surface area contributed by atoms with Gasteiger partial charge in [-0.1, -0.05) is 89.8 Å². The number of aromatic amines is 1. The van der Waals surface area contributed by atoms with Gasteiger partial charge in [-0.15, -0.1) is 0 Å². The fraction of sp³-hybridized carbons (Fsp3) is 0.533. The first-order chi connectivity index (χ1) is 29.7. The molecule has 0 bridgehead atoms. The quantitative estimate of drug-likeness (QED) is 0.0403. The zero-order valence-electron chi connectivity index (χ0n) is 36.7. The summed E-state index contributed by atoms with van der Waals surface area (Å²) in [4.78, 5) is 81.8. The molecular weight excluding hydrogens is 832 g/mol. The molecule has 0 saturated heterocycles. The predicted molar refractivity (Wildman–Crippen MR) is 237 cm³/mol. The van der Waals surface area contributed by atoms with Crippen LogP contribution < -0.4 is 26.8 Å². The summed E-state index contributed by atoms with van der Waals surface area (Å²) < 4.78 is 23.3. The van der Waals surface area contributed by atoms with Gasteiger partial charge in [-0.25, -0.2) is 9.55 Å². The number of aliphatic hydroxyl groups excluding tert-OH is 2. The third-order valence-electron chi connectivity index (χ3n) is 12.3. The molecule has 5 unspecified atom stereocenters. The fourth-order valence-corrected chi connectivity index (χ4v) is 9.27. The highest BCUT2D eigenvalue weighted by molar-refractivity contribution is 7.46. The zero-order valence-corrected chi connectivity index (χ0v) is 37.6. The Morgan fingerprint density at radius 1 is 0.937 bits per heavy atom. The summed E-state index contributed by atoms with van der Waals surface area (Å²) in [5.74, 6) is -5.15. The zero-order chi connectivity index (χ0) is 46.3. The van der Waals surface area contributed by atoms with Crippen LogP contribution in [0.15, 0.2) is 54.6 Å². The molecule has 1 heterocycles. The highest BCUT2D eigenvalue weighted by Gasteiger charge is 2.47. The number of carbonyl (C=O) groups is 4. The molecule has 0 aliphatic heterocycles. The number of ether oxygens (including phenoxy) is 1. The molecule has 344 valence electrons. The standard InChI is InChI=1S/C45H63N6O11P/c1-7-24(4)36(46)45(57)48-22-33-50-31-21-20-30(44(39(31)51-33)61-32-19-13-17-27-14-11-12-18-29(27)32)40(53)34(23(2)3)42(55)43(56)37(47)35(28-15-9-8-10-16-28)41(54)38(49-26(6)52)25(5)62-63(58,59)60/h11-14,17-21,23-25,28,34-38,42-43,55-56H,7-10,15-16,22,46-47H2,1-6H3,(H,48,57)(H,49,52)(H,50,51)(H2,58,59,60)/t24-,25-,34?,35?,36-,37?,38+,42?,43?/m1/s1. The second kappa shape index (κ2) is 21.4. The summed E-state index contributed by atoms with van der Waals surface area (Å²) >= 11 is 0. The molecule has 1 fully saturated rings. The van der Waals surface area contributed by atoms with Crippen LogP contribution in [-0.4, -0.2) is 89.8 Å². The minimum Gasteiger partial charge on any atom is -0.454 e. The Bertz CT molecular complexity index is 2290.